The second-order valence-electron chi connectivity index (χ2n) is 6.24. The summed E-state index contributed by atoms with van der Waals surface area (Å²) in [6.07, 6.45) is 0.941. The van der Waals surface area contributed by atoms with E-state index in [2.05, 4.69) is 17.0 Å². The van der Waals surface area contributed by atoms with E-state index >= 15 is 0 Å². The first-order valence-corrected chi connectivity index (χ1v) is 9.85. The van der Waals surface area contributed by atoms with E-state index in [-0.39, 0.29) is 0 Å². The number of hydrogen-bond donors (Lipinski definition) is 1. The Hall–Kier alpha value is -1.73. The van der Waals surface area contributed by atoms with Crippen LogP contribution in [0, 0.1) is 0 Å². The van der Waals surface area contributed by atoms with Crippen LogP contribution in [0.3, 0.4) is 0 Å². The monoisotopic (exact) mass is 361 g/mol. The maximum Gasteiger partial charge on any atom is 0.242 e. The maximum atomic E-state index is 12.3. The molecule has 0 aliphatic heterocycles. The van der Waals surface area contributed by atoms with Gasteiger partial charge in [-0.3, -0.25) is 4.90 Å². The van der Waals surface area contributed by atoms with Gasteiger partial charge in [-0.25, -0.2) is 12.7 Å². The zero-order chi connectivity index (χ0) is 18.3. The molecule has 0 fully saturated rings. The standard InChI is InChI=1S/C19H27N3O2S/c1-21(2)25(23,24)19-10-6-9-18(15-19)16-22(14-12-20)13-11-17-7-4-3-5-8-17/h3-10,15H,11-14,16,20H2,1-2H3. The lowest BCUT2D eigenvalue weighted by Gasteiger charge is -2.22. The Morgan fingerprint density at radius 1 is 0.920 bits per heavy atom. The fourth-order valence-corrected chi connectivity index (χ4v) is 3.63. The highest BCUT2D eigenvalue weighted by atomic mass is 32.2. The van der Waals surface area contributed by atoms with Gasteiger partial charge in [0.15, 0.2) is 0 Å². The molecule has 136 valence electrons. The number of rotatable bonds is 9. The van der Waals surface area contributed by atoms with Gasteiger partial charge < -0.3 is 5.73 Å². The van der Waals surface area contributed by atoms with Crippen molar-refractivity contribution in [3.8, 4) is 0 Å². The summed E-state index contributed by atoms with van der Waals surface area (Å²) in [6, 6.07) is 17.5. The molecule has 0 aromatic heterocycles. The Labute approximate surface area is 151 Å². The lowest BCUT2D eigenvalue weighted by Crippen LogP contribution is -2.31. The molecule has 0 saturated carbocycles. The van der Waals surface area contributed by atoms with E-state index in [0.717, 1.165) is 25.1 Å². The van der Waals surface area contributed by atoms with Crippen LogP contribution in [0.4, 0.5) is 0 Å². The van der Waals surface area contributed by atoms with E-state index in [4.69, 9.17) is 5.73 Å². The molecule has 2 rings (SSSR count). The van der Waals surface area contributed by atoms with Crippen molar-refractivity contribution in [2.75, 3.05) is 33.7 Å². The lowest BCUT2D eigenvalue weighted by atomic mass is 10.1. The van der Waals surface area contributed by atoms with Crippen molar-refractivity contribution < 1.29 is 8.42 Å². The second-order valence-corrected chi connectivity index (χ2v) is 8.39. The van der Waals surface area contributed by atoms with Gasteiger partial charge >= 0.3 is 0 Å². The molecule has 0 atom stereocenters. The summed E-state index contributed by atoms with van der Waals surface area (Å²) in [6.45, 7) is 2.91. The van der Waals surface area contributed by atoms with E-state index in [1.807, 2.05) is 24.3 Å². The quantitative estimate of drug-likeness (QED) is 0.741. The third kappa shape index (κ3) is 5.64. The largest absolute Gasteiger partial charge is 0.329 e. The Morgan fingerprint density at radius 2 is 1.60 bits per heavy atom. The highest BCUT2D eigenvalue weighted by Gasteiger charge is 2.17. The molecule has 0 amide bonds. The van der Waals surface area contributed by atoms with E-state index in [1.54, 1.807) is 32.3 Å². The molecule has 6 heteroatoms. The fraction of sp³-hybridized carbons (Fsp3) is 0.368. The molecule has 0 saturated heterocycles. The summed E-state index contributed by atoms with van der Waals surface area (Å²) in [5.41, 5.74) is 8.01. The SMILES string of the molecule is CN(C)S(=O)(=O)c1cccc(CN(CCN)CCc2ccccc2)c1. The van der Waals surface area contributed by atoms with Crippen molar-refractivity contribution in [3.63, 3.8) is 0 Å². The van der Waals surface area contributed by atoms with Gasteiger partial charge in [0, 0.05) is 40.3 Å². The molecule has 0 bridgehead atoms. The van der Waals surface area contributed by atoms with Gasteiger partial charge in [-0.15, -0.1) is 0 Å². The van der Waals surface area contributed by atoms with Crippen LogP contribution in [0.1, 0.15) is 11.1 Å². The van der Waals surface area contributed by atoms with Crippen LogP contribution in [0.2, 0.25) is 0 Å². The summed E-state index contributed by atoms with van der Waals surface area (Å²) in [5.74, 6) is 0. The van der Waals surface area contributed by atoms with Crippen LogP contribution >= 0.6 is 0 Å². The zero-order valence-corrected chi connectivity index (χ0v) is 15.7. The number of hydrogen-bond acceptors (Lipinski definition) is 4. The highest BCUT2D eigenvalue weighted by molar-refractivity contribution is 7.89. The first kappa shape index (κ1) is 19.6. The normalized spacial score (nSPS) is 12.0. The fourth-order valence-electron chi connectivity index (χ4n) is 2.66. The molecule has 0 heterocycles. The average molecular weight is 362 g/mol. The van der Waals surface area contributed by atoms with E-state index in [1.165, 1.54) is 9.87 Å². The Balaban J connectivity index is 2.09. The van der Waals surface area contributed by atoms with Crippen molar-refractivity contribution >= 4 is 10.0 Å². The minimum Gasteiger partial charge on any atom is -0.329 e. The minimum atomic E-state index is -3.41. The first-order valence-electron chi connectivity index (χ1n) is 8.41. The zero-order valence-electron chi connectivity index (χ0n) is 14.9. The third-order valence-corrected chi connectivity index (χ3v) is 5.90. The molecule has 5 nitrogen and oxygen atoms in total. The summed E-state index contributed by atoms with van der Waals surface area (Å²) in [4.78, 5) is 2.58. The van der Waals surface area contributed by atoms with E-state index in [0.29, 0.717) is 18.0 Å². The predicted molar refractivity (Wildman–Crippen MR) is 102 cm³/mol. The number of nitrogens with two attached hydrogens (primary N) is 1. The van der Waals surface area contributed by atoms with Gasteiger partial charge in [-0.1, -0.05) is 42.5 Å². The highest BCUT2D eigenvalue weighted by Crippen LogP contribution is 2.16. The summed E-state index contributed by atoms with van der Waals surface area (Å²) < 4.78 is 25.8. The molecule has 2 aromatic carbocycles. The van der Waals surface area contributed by atoms with Crippen molar-refractivity contribution in [1.29, 1.82) is 0 Å². The third-order valence-electron chi connectivity index (χ3n) is 4.09. The molecule has 25 heavy (non-hydrogen) atoms. The van der Waals surface area contributed by atoms with Gasteiger partial charge in [-0.05, 0) is 29.7 Å². The Morgan fingerprint density at radius 3 is 2.24 bits per heavy atom. The number of benzene rings is 2. The molecular formula is C19H27N3O2S. The molecule has 2 aromatic rings. The van der Waals surface area contributed by atoms with Gasteiger partial charge in [0.2, 0.25) is 10.0 Å². The van der Waals surface area contributed by atoms with E-state index < -0.39 is 10.0 Å². The minimum absolute atomic E-state index is 0.325. The topological polar surface area (TPSA) is 66.6 Å². The van der Waals surface area contributed by atoms with Crippen LogP contribution in [0.25, 0.3) is 0 Å². The molecule has 0 radical (unpaired) electrons. The summed E-state index contributed by atoms with van der Waals surface area (Å²) in [7, 11) is -0.324. The molecule has 0 unspecified atom stereocenters. The van der Waals surface area contributed by atoms with Crippen LogP contribution in [-0.2, 0) is 23.0 Å². The van der Waals surface area contributed by atoms with Crippen LogP contribution in [0.5, 0.6) is 0 Å². The van der Waals surface area contributed by atoms with Crippen molar-refractivity contribution in [2.45, 2.75) is 17.9 Å². The number of nitrogens with zero attached hydrogens (tertiary/aromatic N) is 2. The lowest BCUT2D eigenvalue weighted by molar-refractivity contribution is 0.276. The van der Waals surface area contributed by atoms with Crippen molar-refractivity contribution in [1.82, 2.24) is 9.21 Å². The second kappa shape index (κ2) is 9.10. The van der Waals surface area contributed by atoms with Gasteiger partial charge in [0.05, 0.1) is 4.90 Å². The molecule has 0 spiro atoms. The smallest absolute Gasteiger partial charge is 0.242 e. The molecular weight excluding hydrogens is 334 g/mol. The van der Waals surface area contributed by atoms with Crippen molar-refractivity contribution in [3.05, 3.63) is 65.7 Å². The Kier molecular flexibility index (Phi) is 7.13. The maximum absolute atomic E-state index is 12.3. The van der Waals surface area contributed by atoms with Crippen LogP contribution in [-0.4, -0.2) is 51.4 Å². The van der Waals surface area contributed by atoms with Crippen molar-refractivity contribution in [2.24, 2.45) is 5.73 Å². The molecule has 0 aliphatic rings. The first-order chi connectivity index (χ1) is 11.9. The number of sulfonamides is 1. The Bertz CT molecular complexity index is 761. The van der Waals surface area contributed by atoms with Gasteiger partial charge in [0.25, 0.3) is 0 Å². The van der Waals surface area contributed by atoms with Gasteiger partial charge in [0.1, 0.15) is 0 Å². The summed E-state index contributed by atoms with van der Waals surface area (Å²) in [5, 5.41) is 0. The van der Waals surface area contributed by atoms with E-state index in [9.17, 15) is 8.42 Å². The molecule has 2 N–H and O–H groups in total. The van der Waals surface area contributed by atoms with Crippen LogP contribution in [0.15, 0.2) is 59.5 Å². The average Bonchev–Trinajstić information content (AvgIpc) is 2.61. The van der Waals surface area contributed by atoms with Gasteiger partial charge in [-0.2, -0.15) is 0 Å². The molecule has 0 aliphatic carbocycles. The summed E-state index contributed by atoms with van der Waals surface area (Å²) >= 11 is 0. The predicted octanol–water partition coefficient (Wildman–Crippen LogP) is 1.94. The van der Waals surface area contributed by atoms with Crippen LogP contribution < -0.4 is 5.73 Å².